The Morgan fingerprint density at radius 2 is 2.20 bits per heavy atom. The van der Waals surface area contributed by atoms with Gasteiger partial charge in [-0.2, -0.15) is 5.10 Å². The zero-order valence-corrected chi connectivity index (χ0v) is 9.79. The third-order valence-corrected chi connectivity index (χ3v) is 3.52. The van der Waals surface area contributed by atoms with Crippen LogP contribution in [0, 0.1) is 6.92 Å². The number of nitrogens with zero attached hydrogens (tertiary/aromatic N) is 2. The van der Waals surface area contributed by atoms with Gasteiger partial charge in [-0.25, -0.2) is 0 Å². The van der Waals surface area contributed by atoms with Crippen LogP contribution in [0.25, 0.3) is 0 Å². The van der Waals surface area contributed by atoms with E-state index in [0.717, 1.165) is 19.0 Å². The molecule has 0 aromatic carbocycles. The predicted octanol–water partition coefficient (Wildman–Crippen LogP) is 1.80. The minimum Gasteiger partial charge on any atom is -0.314 e. The van der Waals surface area contributed by atoms with Crippen molar-refractivity contribution in [2.75, 3.05) is 6.54 Å². The zero-order valence-electron chi connectivity index (χ0n) is 9.79. The summed E-state index contributed by atoms with van der Waals surface area (Å²) in [6.07, 6.45) is 8.65. The second-order valence-electron chi connectivity index (χ2n) is 4.56. The van der Waals surface area contributed by atoms with Crippen molar-refractivity contribution in [1.82, 2.24) is 15.1 Å². The molecule has 0 aliphatic heterocycles. The summed E-state index contributed by atoms with van der Waals surface area (Å²) in [5.41, 5.74) is 2.67. The normalized spacial score (nSPS) is 17.5. The van der Waals surface area contributed by atoms with E-state index in [0.29, 0.717) is 0 Å². The van der Waals surface area contributed by atoms with Crippen molar-refractivity contribution in [2.45, 2.75) is 45.1 Å². The van der Waals surface area contributed by atoms with Crippen molar-refractivity contribution in [3.8, 4) is 0 Å². The molecule has 0 atom stereocenters. The lowest BCUT2D eigenvalue weighted by atomic mass is 10.2. The van der Waals surface area contributed by atoms with Gasteiger partial charge in [-0.15, -0.1) is 0 Å². The van der Waals surface area contributed by atoms with Crippen LogP contribution in [0.1, 0.15) is 36.9 Å². The standard InChI is InChI=1S/C12H21N3/c1-10-11(9-14-15(10)2)7-8-13-12-5-3-4-6-12/h9,12-13H,3-8H2,1-2H3. The summed E-state index contributed by atoms with van der Waals surface area (Å²) in [5.74, 6) is 0. The lowest BCUT2D eigenvalue weighted by Crippen LogP contribution is -2.28. The van der Waals surface area contributed by atoms with E-state index in [4.69, 9.17) is 0 Å². The molecule has 15 heavy (non-hydrogen) atoms. The summed E-state index contributed by atoms with van der Waals surface area (Å²) in [6, 6.07) is 0.780. The van der Waals surface area contributed by atoms with Crippen molar-refractivity contribution in [2.24, 2.45) is 7.05 Å². The molecule has 1 aliphatic carbocycles. The maximum Gasteiger partial charge on any atom is 0.0524 e. The predicted molar refractivity (Wildman–Crippen MR) is 61.9 cm³/mol. The monoisotopic (exact) mass is 207 g/mol. The number of hydrogen-bond donors (Lipinski definition) is 1. The van der Waals surface area contributed by atoms with Crippen molar-refractivity contribution in [3.63, 3.8) is 0 Å². The van der Waals surface area contributed by atoms with Gasteiger partial charge in [-0.05, 0) is 38.3 Å². The summed E-state index contributed by atoms with van der Waals surface area (Å²) in [6.45, 7) is 3.23. The van der Waals surface area contributed by atoms with Crippen LogP contribution in [-0.4, -0.2) is 22.4 Å². The zero-order chi connectivity index (χ0) is 10.7. The maximum absolute atomic E-state index is 4.26. The first-order valence-electron chi connectivity index (χ1n) is 5.98. The Balaban J connectivity index is 1.75. The largest absolute Gasteiger partial charge is 0.314 e. The smallest absolute Gasteiger partial charge is 0.0524 e. The topological polar surface area (TPSA) is 29.9 Å². The Kier molecular flexibility index (Phi) is 3.41. The van der Waals surface area contributed by atoms with E-state index in [-0.39, 0.29) is 0 Å². The van der Waals surface area contributed by atoms with Gasteiger partial charge >= 0.3 is 0 Å². The molecule has 0 spiro atoms. The second-order valence-corrected chi connectivity index (χ2v) is 4.56. The molecule has 1 aromatic heterocycles. The average molecular weight is 207 g/mol. The molecule has 3 nitrogen and oxygen atoms in total. The Morgan fingerprint density at radius 1 is 1.47 bits per heavy atom. The number of aromatic nitrogens is 2. The Bertz CT molecular complexity index is 311. The number of aryl methyl sites for hydroxylation is 1. The fourth-order valence-electron chi connectivity index (χ4n) is 2.33. The number of nitrogens with one attached hydrogen (secondary N) is 1. The average Bonchev–Trinajstić information content (AvgIpc) is 2.83. The first-order chi connectivity index (χ1) is 7.27. The van der Waals surface area contributed by atoms with Gasteiger partial charge in [0.25, 0.3) is 0 Å². The van der Waals surface area contributed by atoms with Crippen LogP contribution in [0.5, 0.6) is 0 Å². The van der Waals surface area contributed by atoms with E-state index < -0.39 is 0 Å². The Morgan fingerprint density at radius 3 is 2.80 bits per heavy atom. The highest BCUT2D eigenvalue weighted by atomic mass is 15.3. The molecule has 0 radical (unpaired) electrons. The second kappa shape index (κ2) is 4.79. The summed E-state index contributed by atoms with van der Waals surface area (Å²) in [5, 5.41) is 7.88. The highest BCUT2D eigenvalue weighted by molar-refractivity contribution is 5.16. The van der Waals surface area contributed by atoms with Crippen LogP contribution in [-0.2, 0) is 13.5 Å². The van der Waals surface area contributed by atoms with Crippen LogP contribution < -0.4 is 5.32 Å². The third-order valence-electron chi connectivity index (χ3n) is 3.52. The maximum atomic E-state index is 4.26. The molecule has 0 unspecified atom stereocenters. The van der Waals surface area contributed by atoms with E-state index >= 15 is 0 Å². The lowest BCUT2D eigenvalue weighted by Gasteiger charge is -2.11. The Hall–Kier alpha value is -0.830. The van der Waals surface area contributed by atoms with Gasteiger partial charge in [0.2, 0.25) is 0 Å². The highest BCUT2D eigenvalue weighted by Crippen LogP contribution is 2.17. The lowest BCUT2D eigenvalue weighted by molar-refractivity contribution is 0.527. The fraction of sp³-hybridized carbons (Fsp3) is 0.750. The molecule has 3 heteroatoms. The van der Waals surface area contributed by atoms with Gasteiger partial charge in [0, 0.05) is 18.8 Å². The van der Waals surface area contributed by atoms with E-state index in [1.165, 1.54) is 36.9 Å². The van der Waals surface area contributed by atoms with Crippen molar-refractivity contribution in [1.29, 1.82) is 0 Å². The molecule has 0 saturated heterocycles. The molecule has 1 aliphatic rings. The summed E-state index contributed by atoms with van der Waals surface area (Å²) in [4.78, 5) is 0. The third kappa shape index (κ3) is 2.59. The summed E-state index contributed by atoms with van der Waals surface area (Å²) in [7, 11) is 2.00. The molecule has 84 valence electrons. The molecule has 2 rings (SSSR count). The summed E-state index contributed by atoms with van der Waals surface area (Å²) < 4.78 is 1.95. The molecule has 1 N–H and O–H groups in total. The van der Waals surface area contributed by atoms with Crippen LogP contribution in [0.2, 0.25) is 0 Å². The highest BCUT2D eigenvalue weighted by Gasteiger charge is 2.13. The van der Waals surface area contributed by atoms with Crippen molar-refractivity contribution >= 4 is 0 Å². The van der Waals surface area contributed by atoms with Gasteiger partial charge in [-0.1, -0.05) is 12.8 Å². The first kappa shape index (κ1) is 10.7. The Labute approximate surface area is 91.9 Å². The van der Waals surface area contributed by atoms with E-state index in [1.54, 1.807) is 0 Å². The fourth-order valence-corrected chi connectivity index (χ4v) is 2.33. The molecule has 1 aromatic rings. The van der Waals surface area contributed by atoms with Gasteiger partial charge in [0.1, 0.15) is 0 Å². The minimum atomic E-state index is 0.780. The van der Waals surface area contributed by atoms with Crippen LogP contribution in [0.3, 0.4) is 0 Å². The van der Waals surface area contributed by atoms with E-state index in [2.05, 4.69) is 17.3 Å². The van der Waals surface area contributed by atoms with Crippen LogP contribution in [0.4, 0.5) is 0 Å². The van der Waals surface area contributed by atoms with Gasteiger partial charge in [-0.3, -0.25) is 4.68 Å². The van der Waals surface area contributed by atoms with Crippen molar-refractivity contribution in [3.05, 3.63) is 17.5 Å². The first-order valence-corrected chi connectivity index (χ1v) is 5.98. The van der Waals surface area contributed by atoms with Gasteiger partial charge < -0.3 is 5.32 Å². The van der Waals surface area contributed by atoms with Crippen molar-refractivity contribution < 1.29 is 0 Å². The number of hydrogen-bond acceptors (Lipinski definition) is 2. The molecule has 1 saturated carbocycles. The molecule has 0 amide bonds. The molecule has 0 bridgehead atoms. The molecular formula is C12H21N3. The SMILES string of the molecule is Cc1c(CCNC2CCCC2)cnn1C. The number of rotatable bonds is 4. The van der Waals surface area contributed by atoms with E-state index in [1.807, 2.05) is 17.9 Å². The van der Waals surface area contributed by atoms with Gasteiger partial charge in [0.05, 0.1) is 6.20 Å². The quantitative estimate of drug-likeness (QED) is 0.816. The van der Waals surface area contributed by atoms with Crippen LogP contribution >= 0.6 is 0 Å². The van der Waals surface area contributed by atoms with E-state index in [9.17, 15) is 0 Å². The summed E-state index contributed by atoms with van der Waals surface area (Å²) >= 11 is 0. The minimum absolute atomic E-state index is 0.780. The molecule has 1 heterocycles. The molecule has 1 fully saturated rings. The van der Waals surface area contributed by atoms with Crippen LogP contribution in [0.15, 0.2) is 6.20 Å². The van der Waals surface area contributed by atoms with Gasteiger partial charge in [0.15, 0.2) is 0 Å². The molecular weight excluding hydrogens is 186 g/mol.